The number of benzene rings is 1. The van der Waals surface area contributed by atoms with Crippen molar-refractivity contribution in [2.75, 3.05) is 0 Å². The van der Waals surface area contributed by atoms with Crippen molar-refractivity contribution < 1.29 is 4.42 Å². The maximum Gasteiger partial charge on any atom is 0.336 e. The van der Waals surface area contributed by atoms with Gasteiger partial charge in [0, 0.05) is 11.5 Å². The highest BCUT2D eigenvalue weighted by Gasteiger charge is 2.19. The van der Waals surface area contributed by atoms with E-state index in [0.29, 0.717) is 11.5 Å². The summed E-state index contributed by atoms with van der Waals surface area (Å²) in [6, 6.07) is 9.58. The van der Waals surface area contributed by atoms with Crippen molar-refractivity contribution in [1.29, 1.82) is 0 Å². The van der Waals surface area contributed by atoms with Gasteiger partial charge < -0.3 is 4.42 Å². The maximum absolute atomic E-state index is 11.1. The molecular weight excluding hydrogens is 248 g/mol. The zero-order valence-corrected chi connectivity index (χ0v) is 12.7. The molecule has 0 bridgehead atoms. The van der Waals surface area contributed by atoms with Gasteiger partial charge in [-0.25, -0.2) is 4.79 Å². The van der Waals surface area contributed by atoms with Crippen LogP contribution < -0.4 is 5.63 Å². The summed E-state index contributed by atoms with van der Waals surface area (Å²) >= 11 is 0. The van der Waals surface area contributed by atoms with Crippen LogP contribution in [0, 0.1) is 5.92 Å². The summed E-state index contributed by atoms with van der Waals surface area (Å²) in [5.74, 6) is 1.55. The number of rotatable bonds is 1. The van der Waals surface area contributed by atoms with E-state index in [2.05, 4.69) is 19.1 Å². The largest absolute Gasteiger partial charge is 0.423 e. The first-order valence-corrected chi connectivity index (χ1v) is 7.76. The molecule has 20 heavy (non-hydrogen) atoms. The van der Waals surface area contributed by atoms with E-state index < -0.39 is 0 Å². The van der Waals surface area contributed by atoms with Crippen LogP contribution in [0.3, 0.4) is 0 Å². The Bertz CT molecular complexity index is 604. The number of hydrogen-bond acceptors (Lipinski definition) is 2. The predicted molar refractivity (Wildman–Crippen MR) is 84.2 cm³/mol. The molecule has 1 aromatic heterocycles. The highest BCUT2D eigenvalue weighted by molar-refractivity contribution is 5.77. The van der Waals surface area contributed by atoms with E-state index in [4.69, 9.17) is 4.42 Å². The highest BCUT2D eigenvalue weighted by atomic mass is 16.4. The Balaban J connectivity index is 0.000000704. The molecule has 0 aliphatic heterocycles. The topological polar surface area (TPSA) is 30.2 Å². The molecule has 0 unspecified atom stereocenters. The van der Waals surface area contributed by atoms with Crippen molar-refractivity contribution in [3.8, 4) is 0 Å². The van der Waals surface area contributed by atoms with Gasteiger partial charge in [0.05, 0.1) is 0 Å². The Morgan fingerprint density at radius 2 is 1.70 bits per heavy atom. The van der Waals surface area contributed by atoms with Gasteiger partial charge in [-0.3, -0.25) is 0 Å². The molecule has 1 aromatic carbocycles. The molecule has 2 aromatic rings. The van der Waals surface area contributed by atoms with Gasteiger partial charge >= 0.3 is 5.63 Å². The van der Waals surface area contributed by atoms with Gasteiger partial charge in [0.1, 0.15) is 5.58 Å². The third-order valence-electron chi connectivity index (χ3n) is 4.13. The molecule has 108 valence electrons. The third-order valence-corrected chi connectivity index (χ3v) is 4.13. The van der Waals surface area contributed by atoms with E-state index in [-0.39, 0.29) is 5.63 Å². The minimum atomic E-state index is -0.276. The average Bonchev–Trinajstić information content (AvgIpc) is 2.49. The standard InChI is InChI=1S/C16H18O2.C2H6/c1-11-2-4-12(5-3-11)13-6-8-15-14(10-13)7-9-16(17)18-15;1-2/h6-12H,2-5H2,1H3;1-2H3. The van der Waals surface area contributed by atoms with Gasteiger partial charge in [-0.1, -0.05) is 39.7 Å². The summed E-state index contributed by atoms with van der Waals surface area (Å²) in [6.07, 6.45) is 5.21. The summed E-state index contributed by atoms with van der Waals surface area (Å²) in [4.78, 5) is 11.1. The van der Waals surface area contributed by atoms with E-state index in [1.807, 2.05) is 26.0 Å². The summed E-state index contributed by atoms with van der Waals surface area (Å²) in [5.41, 5.74) is 1.81. The average molecular weight is 272 g/mol. The van der Waals surface area contributed by atoms with Gasteiger partial charge in [-0.15, -0.1) is 0 Å². The van der Waals surface area contributed by atoms with Crippen LogP contribution in [-0.2, 0) is 0 Å². The molecular formula is C18H24O2. The fraction of sp³-hybridized carbons (Fsp3) is 0.500. The first-order valence-electron chi connectivity index (χ1n) is 7.76. The summed E-state index contributed by atoms with van der Waals surface area (Å²) in [7, 11) is 0. The van der Waals surface area contributed by atoms with Crippen molar-refractivity contribution in [2.45, 2.75) is 52.4 Å². The maximum atomic E-state index is 11.1. The Kier molecular flexibility index (Phi) is 4.99. The number of fused-ring (bicyclic) bond motifs is 1. The Hall–Kier alpha value is -1.57. The monoisotopic (exact) mass is 272 g/mol. The zero-order valence-electron chi connectivity index (χ0n) is 12.7. The predicted octanol–water partition coefficient (Wildman–Crippen LogP) is 5.11. The van der Waals surface area contributed by atoms with Crippen molar-refractivity contribution in [3.63, 3.8) is 0 Å². The molecule has 2 nitrogen and oxygen atoms in total. The molecule has 1 aliphatic rings. The van der Waals surface area contributed by atoms with E-state index in [9.17, 15) is 4.79 Å². The van der Waals surface area contributed by atoms with Crippen LogP contribution in [0.25, 0.3) is 11.0 Å². The Labute approximate surface area is 120 Å². The van der Waals surface area contributed by atoms with E-state index in [1.54, 1.807) is 0 Å². The molecule has 0 saturated heterocycles. The fourth-order valence-corrected chi connectivity index (χ4v) is 2.94. The molecule has 0 N–H and O–H groups in total. The van der Waals surface area contributed by atoms with Crippen molar-refractivity contribution in [2.24, 2.45) is 5.92 Å². The van der Waals surface area contributed by atoms with Crippen LogP contribution in [0.1, 0.15) is 57.9 Å². The highest BCUT2D eigenvalue weighted by Crippen LogP contribution is 2.36. The van der Waals surface area contributed by atoms with Crippen LogP contribution in [0.2, 0.25) is 0 Å². The molecule has 0 atom stereocenters. The van der Waals surface area contributed by atoms with Gasteiger partial charge in [-0.05, 0) is 48.4 Å². The second kappa shape index (κ2) is 6.74. The van der Waals surface area contributed by atoms with Gasteiger partial charge in [0.15, 0.2) is 0 Å². The lowest BCUT2D eigenvalue weighted by Gasteiger charge is -2.26. The molecule has 1 saturated carbocycles. The summed E-state index contributed by atoms with van der Waals surface area (Å²) in [5, 5.41) is 1.03. The van der Waals surface area contributed by atoms with E-state index in [0.717, 1.165) is 11.3 Å². The zero-order chi connectivity index (χ0) is 14.5. The van der Waals surface area contributed by atoms with Gasteiger partial charge in [0.2, 0.25) is 0 Å². The lowest BCUT2D eigenvalue weighted by atomic mass is 9.79. The normalized spacial score (nSPS) is 22.1. The van der Waals surface area contributed by atoms with Crippen molar-refractivity contribution in [3.05, 3.63) is 46.3 Å². The number of hydrogen-bond donors (Lipinski definition) is 0. The fourth-order valence-electron chi connectivity index (χ4n) is 2.94. The van der Waals surface area contributed by atoms with Crippen LogP contribution in [0.15, 0.2) is 39.5 Å². The van der Waals surface area contributed by atoms with Gasteiger partial charge in [0.25, 0.3) is 0 Å². The second-order valence-corrected chi connectivity index (χ2v) is 5.51. The van der Waals surface area contributed by atoms with E-state index in [1.165, 1.54) is 37.3 Å². The van der Waals surface area contributed by atoms with Crippen molar-refractivity contribution in [1.82, 2.24) is 0 Å². The lowest BCUT2D eigenvalue weighted by Crippen LogP contribution is -2.10. The molecule has 1 heterocycles. The van der Waals surface area contributed by atoms with Crippen LogP contribution in [-0.4, -0.2) is 0 Å². The van der Waals surface area contributed by atoms with E-state index >= 15 is 0 Å². The quantitative estimate of drug-likeness (QED) is 0.675. The van der Waals surface area contributed by atoms with Crippen LogP contribution in [0.4, 0.5) is 0 Å². The molecule has 1 fully saturated rings. The smallest absolute Gasteiger partial charge is 0.336 e. The summed E-state index contributed by atoms with van der Waals surface area (Å²) in [6.45, 7) is 6.34. The van der Waals surface area contributed by atoms with Crippen molar-refractivity contribution >= 4 is 11.0 Å². The minimum Gasteiger partial charge on any atom is -0.423 e. The first-order chi connectivity index (χ1) is 9.72. The lowest BCUT2D eigenvalue weighted by molar-refractivity contribution is 0.348. The SMILES string of the molecule is CC.CC1CCC(c2ccc3oc(=O)ccc3c2)CC1. The molecule has 0 radical (unpaired) electrons. The van der Waals surface area contributed by atoms with Crippen LogP contribution in [0.5, 0.6) is 0 Å². The Morgan fingerprint density at radius 1 is 1.00 bits per heavy atom. The van der Waals surface area contributed by atoms with Gasteiger partial charge in [-0.2, -0.15) is 0 Å². The first kappa shape index (κ1) is 14.8. The molecule has 0 amide bonds. The Morgan fingerprint density at radius 3 is 2.40 bits per heavy atom. The van der Waals surface area contributed by atoms with Crippen LogP contribution >= 0.6 is 0 Å². The molecule has 3 rings (SSSR count). The second-order valence-electron chi connectivity index (χ2n) is 5.51. The minimum absolute atomic E-state index is 0.276. The summed E-state index contributed by atoms with van der Waals surface area (Å²) < 4.78 is 5.17. The third kappa shape index (κ3) is 3.30. The molecule has 1 aliphatic carbocycles. The molecule has 2 heteroatoms. The molecule has 0 spiro atoms.